The van der Waals surface area contributed by atoms with Gasteiger partial charge in [0.05, 0.1) is 11.1 Å². The molecule has 0 spiro atoms. The summed E-state index contributed by atoms with van der Waals surface area (Å²) >= 11 is 0. The highest BCUT2D eigenvalue weighted by Crippen LogP contribution is 2.35. The molecule has 0 aliphatic heterocycles. The van der Waals surface area contributed by atoms with E-state index < -0.39 is 17.3 Å². The summed E-state index contributed by atoms with van der Waals surface area (Å²) in [6, 6.07) is 5.06. The number of benzene rings is 1. The Kier molecular flexibility index (Phi) is 3.50. The lowest BCUT2D eigenvalue weighted by Crippen LogP contribution is -2.24. The van der Waals surface area contributed by atoms with Gasteiger partial charge in [-0.3, -0.25) is 4.79 Å². The minimum atomic E-state index is -4.56. The molecule has 1 aromatic heterocycles. The zero-order valence-corrected chi connectivity index (χ0v) is 11.4. The van der Waals surface area contributed by atoms with Crippen LogP contribution in [0.15, 0.2) is 29.1 Å². The number of rotatable bonds is 2. The fraction of sp³-hybridized carbons (Fsp3) is 0.357. The molecule has 0 aliphatic rings. The largest absolute Gasteiger partial charge is 0.417 e. The summed E-state index contributed by atoms with van der Waals surface area (Å²) in [6.45, 7) is 3.53. The molecule has 108 valence electrons. The number of hydrogen-bond acceptors (Lipinski definition) is 2. The van der Waals surface area contributed by atoms with Crippen molar-refractivity contribution in [3.05, 3.63) is 40.2 Å². The van der Waals surface area contributed by atoms with Crippen LogP contribution in [0.25, 0.3) is 10.9 Å². The Bertz CT molecular complexity index is 702. The van der Waals surface area contributed by atoms with Gasteiger partial charge in [0, 0.05) is 30.2 Å². The first-order valence-electron chi connectivity index (χ1n) is 6.20. The van der Waals surface area contributed by atoms with Crippen molar-refractivity contribution in [2.45, 2.75) is 26.1 Å². The van der Waals surface area contributed by atoms with Gasteiger partial charge < -0.3 is 9.88 Å². The molecule has 2 rings (SSSR count). The van der Waals surface area contributed by atoms with E-state index in [2.05, 4.69) is 5.32 Å². The van der Waals surface area contributed by atoms with E-state index in [1.807, 2.05) is 0 Å². The van der Waals surface area contributed by atoms with Crippen molar-refractivity contribution >= 4 is 16.6 Å². The van der Waals surface area contributed by atoms with Crippen LogP contribution in [0.3, 0.4) is 0 Å². The zero-order chi connectivity index (χ0) is 15.1. The highest BCUT2D eigenvalue weighted by molar-refractivity contribution is 5.86. The van der Waals surface area contributed by atoms with Gasteiger partial charge in [-0.15, -0.1) is 0 Å². The summed E-state index contributed by atoms with van der Waals surface area (Å²) < 4.78 is 40.7. The third-order valence-electron chi connectivity index (χ3n) is 3.16. The fourth-order valence-electron chi connectivity index (χ4n) is 2.27. The van der Waals surface area contributed by atoms with Gasteiger partial charge in [-0.2, -0.15) is 13.2 Å². The number of hydrogen-bond donors (Lipinski definition) is 1. The Balaban J connectivity index is 2.95. The van der Waals surface area contributed by atoms with Crippen LogP contribution in [0.2, 0.25) is 0 Å². The van der Waals surface area contributed by atoms with Crippen molar-refractivity contribution in [1.29, 1.82) is 0 Å². The fourth-order valence-corrected chi connectivity index (χ4v) is 2.27. The van der Waals surface area contributed by atoms with Gasteiger partial charge >= 0.3 is 6.18 Å². The SMILES string of the molecule is CNc1ccc2c(c1)c(C(F)(F)F)cc(=O)n2C(C)C. The smallest absolute Gasteiger partial charge is 0.388 e. The number of nitrogens with one attached hydrogen (secondary N) is 1. The van der Waals surface area contributed by atoms with Crippen molar-refractivity contribution in [3.8, 4) is 0 Å². The van der Waals surface area contributed by atoms with Gasteiger partial charge in [0.25, 0.3) is 5.56 Å². The lowest BCUT2D eigenvalue weighted by Gasteiger charge is -2.18. The van der Waals surface area contributed by atoms with Crippen LogP contribution in [0, 0.1) is 0 Å². The Morgan fingerprint density at radius 1 is 1.20 bits per heavy atom. The maximum atomic E-state index is 13.1. The molecule has 0 saturated heterocycles. The third kappa shape index (κ3) is 2.37. The van der Waals surface area contributed by atoms with E-state index in [1.165, 1.54) is 16.7 Å². The minimum Gasteiger partial charge on any atom is -0.388 e. The Morgan fingerprint density at radius 3 is 2.35 bits per heavy atom. The lowest BCUT2D eigenvalue weighted by atomic mass is 10.1. The van der Waals surface area contributed by atoms with Crippen molar-refractivity contribution in [1.82, 2.24) is 4.57 Å². The van der Waals surface area contributed by atoms with Crippen LogP contribution in [0.5, 0.6) is 0 Å². The van der Waals surface area contributed by atoms with Gasteiger partial charge in [0.1, 0.15) is 0 Å². The predicted octanol–water partition coefficient (Wildman–Crippen LogP) is 3.64. The number of pyridine rings is 1. The second-order valence-corrected chi connectivity index (χ2v) is 4.84. The summed E-state index contributed by atoms with van der Waals surface area (Å²) in [5.41, 5.74) is -0.681. The molecule has 0 atom stereocenters. The van der Waals surface area contributed by atoms with E-state index in [-0.39, 0.29) is 11.4 Å². The molecule has 0 fully saturated rings. The van der Waals surface area contributed by atoms with Crippen molar-refractivity contribution in [2.24, 2.45) is 0 Å². The predicted molar refractivity (Wildman–Crippen MR) is 73.1 cm³/mol. The molecule has 0 unspecified atom stereocenters. The first-order valence-corrected chi connectivity index (χ1v) is 6.20. The Labute approximate surface area is 114 Å². The second kappa shape index (κ2) is 4.85. The van der Waals surface area contributed by atoms with E-state index in [9.17, 15) is 18.0 Å². The Hall–Kier alpha value is -1.98. The first kappa shape index (κ1) is 14.4. The molecule has 0 aliphatic carbocycles. The van der Waals surface area contributed by atoms with Crippen molar-refractivity contribution < 1.29 is 13.2 Å². The number of aromatic nitrogens is 1. The summed E-state index contributed by atoms with van der Waals surface area (Å²) in [4.78, 5) is 11.9. The average molecular weight is 284 g/mol. The summed E-state index contributed by atoms with van der Waals surface area (Å²) in [7, 11) is 1.63. The minimum absolute atomic E-state index is 0.0256. The zero-order valence-electron chi connectivity index (χ0n) is 11.4. The van der Waals surface area contributed by atoms with Crippen LogP contribution in [0.1, 0.15) is 25.5 Å². The lowest BCUT2D eigenvalue weighted by molar-refractivity contribution is -0.136. The molecule has 20 heavy (non-hydrogen) atoms. The molecule has 0 radical (unpaired) electrons. The van der Waals surface area contributed by atoms with Crippen molar-refractivity contribution in [2.75, 3.05) is 12.4 Å². The highest BCUT2D eigenvalue weighted by atomic mass is 19.4. The van der Waals surface area contributed by atoms with Gasteiger partial charge in [-0.05, 0) is 32.0 Å². The number of alkyl halides is 3. The summed E-state index contributed by atoms with van der Waals surface area (Å²) in [5.74, 6) is 0. The molecular weight excluding hydrogens is 269 g/mol. The maximum Gasteiger partial charge on any atom is 0.417 e. The standard InChI is InChI=1S/C14H15F3N2O/c1-8(2)19-12-5-4-9(18-3)6-10(12)11(7-13(19)20)14(15,16)17/h4-8,18H,1-3H3. The molecule has 0 amide bonds. The second-order valence-electron chi connectivity index (χ2n) is 4.84. The third-order valence-corrected chi connectivity index (χ3v) is 3.16. The Morgan fingerprint density at radius 2 is 1.85 bits per heavy atom. The number of nitrogens with zero attached hydrogens (tertiary/aromatic N) is 1. The summed E-state index contributed by atoms with van der Waals surface area (Å²) in [6.07, 6.45) is -4.56. The highest BCUT2D eigenvalue weighted by Gasteiger charge is 2.34. The topological polar surface area (TPSA) is 34.0 Å². The molecule has 1 aromatic carbocycles. The number of halogens is 3. The van der Waals surface area contributed by atoms with Gasteiger partial charge in [0.2, 0.25) is 0 Å². The van der Waals surface area contributed by atoms with Gasteiger partial charge in [-0.1, -0.05) is 0 Å². The van der Waals surface area contributed by atoms with E-state index in [0.717, 1.165) is 0 Å². The van der Waals surface area contributed by atoms with E-state index >= 15 is 0 Å². The van der Waals surface area contributed by atoms with Gasteiger partial charge in [0.15, 0.2) is 0 Å². The van der Waals surface area contributed by atoms with Crippen molar-refractivity contribution in [3.63, 3.8) is 0 Å². The van der Waals surface area contributed by atoms with Crippen LogP contribution < -0.4 is 10.9 Å². The van der Waals surface area contributed by atoms with Crippen LogP contribution in [-0.2, 0) is 6.18 Å². The maximum absolute atomic E-state index is 13.1. The van der Waals surface area contributed by atoms with E-state index in [0.29, 0.717) is 17.3 Å². The number of fused-ring (bicyclic) bond motifs is 1. The average Bonchev–Trinajstić information content (AvgIpc) is 2.35. The molecular formula is C14H15F3N2O. The molecule has 0 bridgehead atoms. The van der Waals surface area contributed by atoms with E-state index in [4.69, 9.17) is 0 Å². The molecule has 1 N–H and O–H groups in total. The molecule has 6 heteroatoms. The first-order chi connectivity index (χ1) is 9.25. The monoisotopic (exact) mass is 284 g/mol. The summed E-state index contributed by atoms with van der Waals surface area (Å²) in [5, 5.41) is 2.83. The number of anilines is 1. The van der Waals surface area contributed by atoms with Gasteiger partial charge in [-0.25, -0.2) is 0 Å². The van der Waals surface area contributed by atoms with Crippen LogP contribution >= 0.6 is 0 Å². The molecule has 1 heterocycles. The van der Waals surface area contributed by atoms with E-state index in [1.54, 1.807) is 27.0 Å². The van der Waals surface area contributed by atoms with Crippen LogP contribution in [0.4, 0.5) is 18.9 Å². The quantitative estimate of drug-likeness (QED) is 0.913. The molecule has 2 aromatic rings. The normalized spacial score (nSPS) is 12.2. The molecule has 3 nitrogen and oxygen atoms in total. The van der Waals surface area contributed by atoms with Crippen LogP contribution in [-0.4, -0.2) is 11.6 Å². The molecule has 0 saturated carbocycles.